The van der Waals surface area contributed by atoms with Crippen LogP contribution in [0, 0.1) is 10.1 Å². The minimum Gasteiger partial charge on any atom is -0.484 e. The lowest BCUT2D eigenvalue weighted by Gasteiger charge is -2.06. The Labute approximate surface area is 85.9 Å². The Morgan fingerprint density at radius 2 is 2.13 bits per heavy atom. The molecular formula is C9H11NO5. The average molecular weight is 213 g/mol. The van der Waals surface area contributed by atoms with Crippen molar-refractivity contribution in [3.63, 3.8) is 0 Å². The van der Waals surface area contributed by atoms with Crippen LogP contribution in [0.3, 0.4) is 0 Å². The zero-order valence-corrected chi connectivity index (χ0v) is 7.92. The number of nitro benzene ring substituents is 1. The summed E-state index contributed by atoms with van der Waals surface area (Å²) >= 11 is 0. The van der Waals surface area contributed by atoms with Crippen molar-refractivity contribution in [2.24, 2.45) is 0 Å². The summed E-state index contributed by atoms with van der Waals surface area (Å²) < 4.78 is 4.99. The molecule has 0 saturated heterocycles. The van der Waals surface area contributed by atoms with E-state index in [-0.39, 0.29) is 31.3 Å². The molecule has 82 valence electrons. The molecule has 15 heavy (non-hydrogen) atoms. The maximum atomic E-state index is 10.6. The van der Waals surface area contributed by atoms with E-state index in [9.17, 15) is 10.1 Å². The molecule has 0 saturated carbocycles. The fourth-order valence-electron chi connectivity index (χ4n) is 1.08. The van der Waals surface area contributed by atoms with Crippen molar-refractivity contribution in [3.05, 3.63) is 33.9 Å². The normalized spacial score (nSPS) is 10.0. The van der Waals surface area contributed by atoms with E-state index in [0.29, 0.717) is 5.56 Å². The van der Waals surface area contributed by atoms with Crippen molar-refractivity contribution in [1.82, 2.24) is 0 Å². The highest BCUT2D eigenvalue weighted by atomic mass is 16.6. The molecule has 0 spiro atoms. The molecule has 0 bridgehead atoms. The van der Waals surface area contributed by atoms with E-state index in [1.54, 1.807) is 0 Å². The zero-order valence-electron chi connectivity index (χ0n) is 7.92. The van der Waals surface area contributed by atoms with Crippen LogP contribution in [-0.4, -0.2) is 28.4 Å². The number of rotatable bonds is 5. The summed E-state index contributed by atoms with van der Waals surface area (Å²) in [7, 11) is 0. The average Bonchev–Trinajstić information content (AvgIpc) is 2.25. The molecule has 0 aliphatic heterocycles. The quantitative estimate of drug-likeness (QED) is 0.547. The Kier molecular flexibility index (Phi) is 4.02. The first-order chi connectivity index (χ1) is 7.19. The highest BCUT2D eigenvalue weighted by Crippen LogP contribution is 2.27. The van der Waals surface area contributed by atoms with Crippen LogP contribution in [0.4, 0.5) is 5.69 Å². The lowest BCUT2D eigenvalue weighted by molar-refractivity contribution is -0.385. The molecule has 0 aliphatic rings. The number of nitrogens with zero attached hydrogens (tertiary/aromatic N) is 1. The number of ether oxygens (including phenoxy) is 1. The Balaban J connectivity index is 2.99. The molecule has 6 heteroatoms. The SMILES string of the molecule is O=[N+]([O-])c1ccc(CO)cc1OCCO. The van der Waals surface area contributed by atoms with E-state index in [4.69, 9.17) is 14.9 Å². The number of hydrogen-bond donors (Lipinski definition) is 2. The number of aliphatic hydroxyl groups is 2. The van der Waals surface area contributed by atoms with E-state index in [1.165, 1.54) is 18.2 Å². The van der Waals surface area contributed by atoms with Gasteiger partial charge in [-0.1, -0.05) is 0 Å². The van der Waals surface area contributed by atoms with Gasteiger partial charge in [-0.15, -0.1) is 0 Å². The smallest absolute Gasteiger partial charge is 0.310 e. The Bertz CT molecular complexity index is 352. The van der Waals surface area contributed by atoms with E-state index in [1.807, 2.05) is 0 Å². The van der Waals surface area contributed by atoms with Gasteiger partial charge in [0, 0.05) is 6.07 Å². The van der Waals surface area contributed by atoms with Gasteiger partial charge >= 0.3 is 5.69 Å². The van der Waals surface area contributed by atoms with Crippen molar-refractivity contribution in [3.8, 4) is 5.75 Å². The van der Waals surface area contributed by atoms with Crippen molar-refractivity contribution in [2.45, 2.75) is 6.61 Å². The summed E-state index contributed by atoms with van der Waals surface area (Å²) in [5.41, 5.74) is 0.342. The van der Waals surface area contributed by atoms with Gasteiger partial charge < -0.3 is 14.9 Å². The molecule has 0 amide bonds. The summed E-state index contributed by atoms with van der Waals surface area (Å²) in [6.07, 6.45) is 0. The van der Waals surface area contributed by atoms with Crippen LogP contribution in [0.25, 0.3) is 0 Å². The lowest BCUT2D eigenvalue weighted by atomic mass is 10.2. The molecule has 0 radical (unpaired) electrons. The van der Waals surface area contributed by atoms with Crippen LogP contribution >= 0.6 is 0 Å². The molecule has 0 aromatic heterocycles. The standard InChI is InChI=1S/C9H11NO5/c11-3-4-15-9-5-7(6-12)1-2-8(9)10(13)14/h1-2,5,11-12H,3-4,6H2. The highest BCUT2D eigenvalue weighted by molar-refractivity contribution is 5.48. The highest BCUT2D eigenvalue weighted by Gasteiger charge is 2.15. The Morgan fingerprint density at radius 1 is 1.40 bits per heavy atom. The predicted octanol–water partition coefficient (Wildman–Crippen LogP) is 0.458. The van der Waals surface area contributed by atoms with Gasteiger partial charge in [-0.2, -0.15) is 0 Å². The fourth-order valence-corrected chi connectivity index (χ4v) is 1.08. The van der Waals surface area contributed by atoms with Crippen LogP contribution in [-0.2, 0) is 6.61 Å². The van der Waals surface area contributed by atoms with E-state index < -0.39 is 4.92 Å². The topological polar surface area (TPSA) is 92.8 Å². The lowest BCUT2D eigenvalue weighted by Crippen LogP contribution is -2.04. The molecule has 0 heterocycles. The van der Waals surface area contributed by atoms with Gasteiger partial charge in [0.05, 0.1) is 18.1 Å². The Hall–Kier alpha value is -1.66. The number of benzene rings is 1. The van der Waals surface area contributed by atoms with Gasteiger partial charge in [0.1, 0.15) is 6.61 Å². The van der Waals surface area contributed by atoms with Gasteiger partial charge in [-0.25, -0.2) is 0 Å². The second kappa shape index (κ2) is 5.28. The summed E-state index contributed by atoms with van der Waals surface area (Å²) in [5, 5.41) is 28.0. The fraction of sp³-hybridized carbons (Fsp3) is 0.333. The number of nitro groups is 1. The number of hydrogen-bond acceptors (Lipinski definition) is 5. The minimum atomic E-state index is -0.576. The largest absolute Gasteiger partial charge is 0.484 e. The van der Waals surface area contributed by atoms with Crippen molar-refractivity contribution < 1.29 is 19.9 Å². The van der Waals surface area contributed by atoms with Crippen molar-refractivity contribution in [1.29, 1.82) is 0 Å². The third-order valence-electron chi connectivity index (χ3n) is 1.75. The van der Waals surface area contributed by atoms with E-state index in [0.717, 1.165) is 0 Å². The molecule has 1 aromatic rings. The third-order valence-corrected chi connectivity index (χ3v) is 1.75. The molecule has 0 fully saturated rings. The van der Waals surface area contributed by atoms with Crippen LogP contribution < -0.4 is 4.74 Å². The summed E-state index contributed by atoms with van der Waals surface area (Å²) in [4.78, 5) is 10.0. The first-order valence-corrected chi connectivity index (χ1v) is 4.31. The Morgan fingerprint density at radius 3 is 2.67 bits per heavy atom. The van der Waals surface area contributed by atoms with Crippen LogP contribution in [0.2, 0.25) is 0 Å². The monoisotopic (exact) mass is 213 g/mol. The molecule has 0 unspecified atom stereocenters. The number of aliphatic hydroxyl groups excluding tert-OH is 2. The zero-order chi connectivity index (χ0) is 11.3. The molecular weight excluding hydrogens is 202 g/mol. The second-order valence-electron chi connectivity index (χ2n) is 2.79. The minimum absolute atomic E-state index is 0.0181. The summed E-state index contributed by atoms with van der Waals surface area (Å²) in [6.45, 7) is -0.455. The summed E-state index contributed by atoms with van der Waals surface area (Å²) in [5.74, 6) is 0.0561. The predicted molar refractivity (Wildman–Crippen MR) is 51.6 cm³/mol. The maximum absolute atomic E-state index is 10.6. The van der Waals surface area contributed by atoms with Gasteiger partial charge in [0.25, 0.3) is 0 Å². The van der Waals surface area contributed by atoms with Crippen LogP contribution in [0.5, 0.6) is 5.75 Å². The van der Waals surface area contributed by atoms with Crippen LogP contribution in [0.1, 0.15) is 5.56 Å². The maximum Gasteiger partial charge on any atom is 0.310 e. The third kappa shape index (κ3) is 2.90. The van der Waals surface area contributed by atoms with Crippen LogP contribution in [0.15, 0.2) is 18.2 Å². The molecule has 1 aromatic carbocycles. The molecule has 1 rings (SSSR count). The van der Waals surface area contributed by atoms with Gasteiger partial charge in [0.2, 0.25) is 0 Å². The molecule has 0 aliphatic carbocycles. The van der Waals surface area contributed by atoms with Crippen molar-refractivity contribution >= 4 is 5.69 Å². The van der Waals surface area contributed by atoms with Gasteiger partial charge in [-0.05, 0) is 17.7 Å². The molecule has 0 atom stereocenters. The molecule has 2 N–H and O–H groups in total. The van der Waals surface area contributed by atoms with Crippen molar-refractivity contribution in [2.75, 3.05) is 13.2 Å². The van der Waals surface area contributed by atoms with Gasteiger partial charge in [0.15, 0.2) is 5.75 Å². The first-order valence-electron chi connectivity index (χ1n) is 4.31. The second-order valence-corrected chi connectivity index (χ2v) is 2.79. The van der Waals surface area contributed by atoms with E-state index in [2.05, 4.69) is 0 Å². The summed E-state index contributed by atoms with van der Waals surface area (Å²) in [6, 6.07) is 4.09. The first kappa shape index (κ1) is 11.4. The van der Waals surface area contributed by atoms with Gasteiger partial charge in [-0.3, -0.25) is 10.1 Å². The van der Waals surface area contributed by atoms with E-state index >= 15 is 0 Å². The molecule has 6 nitrogen and oxygen atoms in total.